The molecule has 0 bridgehead atoms. The van der Waals surface area contributed by atoms with Crippen LogP contribution < -0.4 is 4.62 Å². The molecule has 0 atom stereocenters. The molecule has 0 unspecified atom stereocenters. The van der Waals surface area contributed by atoms with E-state index in [0.29, 0.717) is 27.4 Å². The van der Waals surface area contributed by atoms with E-state index in [1.54, 1.807) is 0 Å². The third kappa shape index (κ3) is 4.16. The van der Waals surface area contributed by atoms with Gasteiger partial charge >= 0.3 is 6.72 Å². The Morgan fingerprint density at radius 3 is 2.24 bits per heavy atom. The lowest BCUT2D eigenvalue weighted by Gasteiger charge is -2.20. The summed E-state index contributed by atoms with van der Waals surface area (Å²) in [6, 6.07) is 0. The maximum Gasteiger partial charge on any atom is 0.402 e. The van der Waals surface area contributed by atoms with E-state index in [1.807, 2.05) is 13.8 Å². The predicted octanol–water partition coefficient (Wildman–Crippen LogP) is 3.79. The van der Waals surface area contributed by atoms with Crippen molar-refractivity contribution in [2.45, 2.75) is 13.8 Å². The van der Waals surface area contributed by atoms with Crippen molar-refractivity contribution < 1.29 is 13.7 Å². The highest BCUT2D eigenvalue weighted by molar-refractivity contribution is 9.11. The first-order valence-corrected chi connectivity index (χ1v) is 9.14. The number of nitrogens with zero attached hydrogens (tertiary/aromatic N) is 2. The van der Waals surface area contributed by atoms with Gasteiger partial charge in [0.15, 0.2) is 9.21 Å². The monoisotopic (exact) mass is 426 g/mol. The molecule has 5 nitrogen and oxygen atoms in total. The highest BCUT2D eigenvalue weighted by Crippen LogP contribution is 2.47. The van der Waals surface area contributed by atoms with Gasteiger partial charge in [-0.15, -0.1) is 5.10 Å². The molecule has 0 saturated carbocycles. The molecule has 0 fully saturated rings. The fourth-order valence-corrected chi connectivity index (χ4v) is 3.98. The Kier molecular flexibility index (Phi) is 6.39. The molecule has 0 aliphatic carbocycles. The summed E-state index contributed by atoms with van der Waals surface area (Å²) in [5.41, 5.74) is 0. The van der Waals surface area contributed by atoms with E-state index >= 15 is 0 Å². The van der Waals surface area contributed by atoms with Crippen LogP contribution in [0.4, 0.5) is 0 Å². The van der Waals surface area contributed by atoms with Crippen LogP contribution in [0, 0.1) is 0 Å². The average molecular weight is 428 g/mol. The Balaban J connectivity index is 2.93. The minimum atomic E-state index is -2.85. The van der Waals surface area contributed by atoms with Crippen molar-refractivity contribution in [3.05, 3.63) is 14.2 Å². The molecular weight excluding hydrogens is 418 g/mol. The van der Waals surface area contributed by atoms with Gasteiger partial charge in [-0.05, 0) is 45.7 Å². The molecule has 10 heteroatoms. The van der Waals surface area contributed by atoms with Crippen LogP contribution in [0.5, 0.6) is 0 Å². The second-order valence-electron chi connectivity index (χ2n) is 2.63. The van der Waals surface area contributed by atoms with E-state index < -0.39 is 6.72 Å². The van der Waals surface area contributed by atoms with Crippen LogP contribution in [0.1, 0.15) is 13.8 Å². The minimum Gasteiger partial charge on any atom is -0.314 e. The summed E-state index contributed by atoms with van der Waals surface area (Å²) in [6.45, 7) is 1.56. The summed E-state index contributed by atoms with van der Waals surface area (Å²) in [4.78, 5) is 1.15. The maximum absolute atomic E-state index is 5.92. The second kappa shape index (κ2) is 6.84. The smallest absolute Gasteiger partial charge is 0.314 e. The largest absolute Gasteiger partial charge is 0.402 e. The molecule has 0 amide bonds. The van der Waals surface area contributed by atoms with Gasteiger partial charge in [-0.1, -0.05) is 16.4 Å². The van der Waals surface area contributed by atoms with Crippen LogP contribution >= 0.6 is 50.2 Å². The first-order chi connectivity index (χ1) is 7.93. The summed E-state index contributed by atoms with van der Waals surface area (Å²) >= 11 is 17.5. The van der Waals surface area contributed by atoms with Crippen molar-refractivity contribution in [3.63, 3.8) is 0 Å². The molecule has 1 heterocycles. The zero-order valence-corrected chi connectivity index (χ0v) is 14.7. The fraction of sp³-hybridized carbons (Fsp3) is 0.571. The van der Waals surface area contributed by atoms with Crippen LogP contribution in [-0.4, -0.2) is 23.2 Å². The third-order valence-corrected chi connectivity index (χ3v) is 5.87. The van der Waals surface area contributed by atoms with E-state index in [9.17, 15) is 0 Å². The van der Waals surface area contributed by atoms with E-state index in [-0.39, 0.29) is 0 Å². The number of hydrogen-bond acceptors (Lipinski definition) is 5. The topological polar surface area (TPSA) is 45.5 Å². The maximum atomic E-state index is 5.92. The summed E-state index contributed by atoms with van der Waals surface area (Å²) in [5, 5.41) is 4.38. The lowest BCUT2D eigenvalue weighted by molar-refractivity contribution is 0.134. The Morgan fingerprint density at radius 1 is 1.35 bits per heavy atom. The van der Waals surface area contributed by atoms with Crippen LogP contribution in [-0.2, 0) is 20.9 Å². The molecule has 0 spiro atoms. The lowest BCUT2D eigenvalue weighted by Crippen LogP contribution is -2.14. The molecule has 1 aromatic rings. The lowest BCUT2D eigenvalue weighted by atomic mass is 10.7. The van der Waals surface area contributed by atoms with E-state index in [2.05, 4.69) is 37.0 Å². The molecule has 0 aromatic carbocycles. The van der Waals surface area contributed by atoms with Gasteiger partial charge in [0, 0.05) is 11.8 Å². The van der Waals surface area contributed by atoms with E-state index in [0.717, 1.165) is 4.85 Å². The van der Waals surface area contributed by atoms with Crippen LogP contribution in [0.25, 0.3) is 0 Å². The number of aromatic nitrogens is 2. The summed E-state index contributed by atoms with van der Waals surface area (Å²) < 4.78 is 17.0. The number of hydrogen-bond donors (Lipinski definition) is 0. The molecule has 98 valence electrons. The normalized spacial score (nSPS) is 11.8. The zero-order chi connectivity index (χ0) is 13.1. The highest BCUT2D eigenvalue weighted by Gasteiger charge is 2.25. The van der Waals surface area contributed by atoms with Gasteiger partial charge in [-0.3, -0.25) is 9.05 Å². The first kappa shape index (κ1) is 15.9. The molecule has 0 aliphatic heterocycles. The molecule has 0 radical (unpaired) electrons. The number of rotatable bonds is 6. The van der Waals surface area contributed by atoms with Gasteiger partial charge in [-0.25, -0.2) is 0 Å². The Morgan fingerprint density at radius 2 is 1.88 bits per heavy atom. The number of halogens is 3. The van der Waals surface area contributed by atoms with E-state index in [4.69, 9.17) is 37.1 Å². The third-order valence-electron chi connectivity index (χ3n) is 1.46. The molecule has 1 aromatic heterocycles. The van der Waals surface area contributed by atoms with Crippen molar-refractivity contribution in [1.82, 2.24) is 9.94 Å². The van der Waals surface area contributed by atoms with Gasteiger partial charge in [0.1, 0.15) is 5.02 Å². The molecule has 0 saturated heterocycles. The van der Waals surface area contributed by atoms with Crippen molar-refractivity contribution >= 4 is 62.0 Å². The Bertz CT molecular complexity index is 435. The molecule has 1 rings (SSSR count). The van der Waals surface area contributed by atoms with Crippen LogP contribution in [0.3, 0.4) is 0 Å². The van der Waals surface area contributed by atoms with Crippen molar-refractivity contribution in [3.8, 4) is 0 Å². The second-order valence-corrected chi connectivity index (χ2v) is 7.43. The highest BCUT2D eigenvalue weighted by atomic mass is 79.9. The quantitative estimate of drug-likeness (QED) is 0.646. The average Bonchev–Trinajstić information content (AvgIpc) is 2.47. The van der Waals surface area contributed by atoms with Gasteiger partial charge < -0.3 is 4.62 Å². The predicted molar refractivity (Wildman–Crippen MR) is 76.8 cm³/mol. The van der Waals surface area contributed by atoms with Gasteiger partial charge in [0.2, 0.25) is 0 Å². The Labute approximate surface area is 126 Å². The minimum absolute atomic E-state index is 0.388. The van der Waals surface area contributed by atoms with Crippen molar-refractivity contribution in [1.29, 1.82) is 0 Å². The van der Waals surface area contributed by atoms with Crippen molar-refractivity contribution in [2.75, 3.05) is 13.2 Å². The van der Waals surface area contributed by atoms with Crippen molar-refractivity contribution in [2.24, 2.45) is 0 Å². The SMILES string of the molecule is CCOP(=S)(OCC)On1nc(Br)c(Cl)c1Br. The summed E-state index contributed by atoms with van der Waals surface area (Å²) in [6.07, 6.45) is 0. The van der Waals surface area contributed by atoms with Crippen LogP contribution in [0.15, 0.2) is 9.21 Å². The van der Waals surface area contributed by atoms with Gasteiger partial charge in [0.25, 0.3) is 0 Å². The van der Waals surface area contributed by atoms with Gasteiger partial charge in [0.05, 0.1) is 13.2 Å². The summed E-state index contributed by atoms with van der Waals surface area (Å²) in [7, 11) is 0. The standard InChI is InChI=1S/C7H10Br2ClN2O3PS/c1-3-13-16(17,14-4-2)15-12-7(9)5(10)6(8)11-12/h3-4H2,1-2H3. The Hall–Kier alpha value is 0.830. The zero-order valence-electron chi connectivity index (χ0n) is 9.02. The van der Waals surface area contributed by atoms with E-state index in [1.165, 1.54) is 0 Å². The molecule has 0 N–H and O–H groups in total. The fourth-order valence-electron chi connectivity index (χ4n) is 0.886. The molecular formula is C7H10Br2ClN2O3PS. The van der Waals surface area contributed by atoms with Crippen LogP contribution in [0.2, 0.25) is 5.02 Å². The molecule has 0 aliphatic rings. The summed E-state index contributed by atoms with van der Waals surface area (Å²) in [5.74, 6) is 0. The van der Waals surface area contributed by atoms with Gasteiger partial charge in [-0.2, -0.15) is 0 Å². The molecule has 17 heavy (non-hydrogen) atoms. The first-order valence-electron chi connectivity index (χ1n) is 4.62.